The van der Waals surface area contributed by atoms with E-state index in [1.54, 1.807) is 12.4 Å². The lowest BCUT2D eigenvalue weighted by Crippen LogP contribution is -2.58. The first-order chi connectivity index (χ1) is 17.2. The monoisotopic (exact) mass is 490 g/mol. The Labute approximate surface area is 213 Å². The molecule has 192 valence electrons. The fraction of sp³-hybridized carbons (Fsp3) is 0.655. The van der Waals surface area contributed by atoms with Gasteiger partial charge in [-0.15, -0.1) is 0 Å². The van der Waals surface area contributed by atoms with Crippen LogP contribution in [0.4, 0.5) is 5.95 Å². The predicted octanol–water partition coefficient (Wildman–Crippen LogP) is 3.35. The van der Waals surface area contributed by atoms with Crippen LogP contribution in [0, 0.1) is 22.7 Å². The summed E-state index contributed by atoms with van der Waals surface area (Å²) >= 11 is 0. The molecule has 0 aromatic carbocycles. The van der Waals surface area contributed by atoms with Gasteiger partial charge in [0.1, 0.15) is 5.60 Å². The second-order valence-corrected chi connectivity index (χ2v) is 12.1. The van der Waals surface area contributed by atoms with Crippen molar-refractivity contribution in [2.75, 3.05) is 37.6 Å². The number of ketones is 2. The zero-order chi connectivity index (χ0) is 25.1. The highest BCUT2D eigenvalue weighted by molar-refractivity contribution is 5.92. The van der Waals surface area contributed by atoms with E-state index in [2.05, 4.69) is 39.7 Å². The summed E-state index contributed by atoms with van der Waals surface area (Å²) in [6, 6.07) is 1.82. The molecule has 5 aliphatic rings. The number of aliphatic hydroxyl groups is 1. The van der Waals surface area contributed by atoms with Gasteiger partial charge in [0.05, 0.1) is 6.54 Å². The number of fused-ring (bicyclic) bond motifs is 5. The quantitative estimate of drug-likeness (QED) is 0.648. The zero-order valence-electron chi connectivity index (χ0n) is 21.6. The van der Waals surface area contributed by atoms with Crippen LogP contribution in [0.1, 0.15) is 58.8 Å². The van der Waals surface area contributed by atoms with Crippen molar-refractivity contribution in [3.05, 3.63) is 41.8 Å². The van der Waals surface area contributed by atoms with Crippen molar-refractivity contribution < 1.29 is 14.7 Å². The first-order valence-electron chi connectivity index (χ1n) is 13.7. The predicted molar refractivity (Wildman–Crippen MR) is 137 cm³/mol. The molecule has 5 atom stereocenters. The SMILES string of the molecule is C[C@]12CCC(=O)C=C1CC[C@@H]1C2=CC[C@@]2(C)[C@H]1CC[C@]2(O)C(=O)CN1CCN(c2ncccn2)CC1. The normalized spacial score (nSPS) is 38.5. The lowest BCUT2D eigenvalue weighted by molar-refractivity contribution is -0.154. The molecule has 1 aromatic heterocycles. The van der Waals surface area contributed by atoms with Gasteiger partial charge in [0.2, 0.25) is 5.95 Å². The third kappa shape index (κ3) is 3.53. The molecular formula is C29H38N4O3. The Bertz CT molecular complexity index is 1120. The van der Waals surface area contributed by atoms with E-state index in [1.165, 1.54) is 11.1 Å². The molecule has 0 unspecified atom stereocenters. The summed E-state index contributed by atoms with van der Waals surface area (Å²) < 4.78 is 0. The number of rotatable bonds is 4. The first-order valence-corrected chi connectivity index (χ1v) is 13.7. The van der Waals surface area contributed by atoms with Gasteiger partial charge >= 0.3 is 0 Å². The minimum Gasteiger partial charge on any atom is -0.381 e. The minimum absolute atomic E-state index is 0.0142. The van der Waals surface area contributed by atoms with Crippen molar-refractivity contribution in [2.45, 2.75) is 64.4 Å². The highest BCUT2D eigenvalue weighted by Crippen LogP contribution is 2.65. The number of aromatic nitrogens is 2. The van der Waals surface area contributed by atoms with Crippen molar-refractivity contribution in [3.63, 3.8) is 0 Å². The van der Waals surface area contributed by atoms with Crippen molar-refractivity contribution in [3.8, 4) is 0 Å². The maximum atomic E-state index is 13.7. The van der Waals surface area contributed by atoms with Crippen LogP contribution in [0.5, 0.6) is 0 Å². The molecule has 4 aliphatic carbocycles. The molecule has 3 fully saturated rings. The minimum atomic E-state index is -1.28. The molecule has 0 bridgehead atoms. The molecule has 1 aliphatic heterocycles. The Kier molecular flexibility index (Phi) is 5.72. The van der Waals surface area contributed by atoms with E-state index in [0.717, 1.165) is 64.2 Å². The van der Waals surface area contributed by atoms with E-state index >= 15 is 0 Å². The average Bonchev–Trinajstić information content (AvgIpc) is 3.17. The largest absolute Gasteiger partial charge is 0.381 e. The fourth-order valence-electron chi connectivity index (χ4n) is 8.22. The first kappa shape index (κ1) is 24.0. The van der Waals surface area contributed by atoms with E-state index in [-0.39, 0.29) is 17.0 Å². The number of anilines is 1. The lowest BCUT2D eigenvalue weighted by Gasteiger charge is -2.54. The van der Waals surface area contributed by atoms with Crippen LogP contribution >= 0.6 is 0 Å². The van der Waals surface area contributed by atoms with E-state index in [4.69, 9.17) is 0 Å². The van der Waals surface area contributed by atoms with Gasteiger partial charge in [-0.1, -0.05) is 31.1 Å². The van der Waals surface area contributed by atoms with Gasteiger partial charge in [-0.25, -0.2) is 9.97 Å². The third-order valence-electron chi connectivity index (χ3n) is 10.5. The van der Waals surface area contributed by atoms with Crippen molar-refractivity contribution >= 4 is 17.5 Å². The van der Waals surface area contributed by atoms with Gasteiger partial charge in [0.25, 0.3) is 0 Å². The number of nitrogens with zero attached hydrogens (tertiary/aromatic N) is 4. The number of carbonyl (C=O) groups excluding carboxylic acids is 2. The molecule has 2 saturated carbocycles. The van der Waals surface area contributed by atoms with Crippen LogP contribution in [-0.2, 0) is 9.59 Å². The summed E-state index contributed by atoms with van der Waals surface area (Å²) in [5, 5.41) is 12.0. The summed E-state index contributed by atoms with van der Waals surface area (Å²) in [6.07, 6.45) is 13.5. The molecule has 7 heteroatoms. The van der Waals surface area contributed by atoms with Crippen molar-refractivity contribution in [1.29, 1.82) is 0 Å². The van der Waals surface area contributed by atoms with Gasteiger partial charge in [-0.3, -0.25) is 14.5 Å². The standard InChI is InChI=1S/C29H38N4O3/c1-27-9-6-21(34)18-20(27)4-5-22-23(27)7-10-28(2)24(22)8-11-29(28,36)25(35)19-32-14-16-33(17-15-32)26-30-12-3-13-31-26/h3,7,12-13,18,22,24,36H,4-6,8-11,14-17,19H2,1-2H3/t22-,24+,27+,28+,29+/m1/s1. The molecular weight excluding hydrogens is 452 g/mol. The molecule has 7 nitrogen and oxygen atoms in total. The second kappa shape index (κ2) is 8.59. The highest BCUT2D eigenvalue weighted by Gasteiger charge is 2.64. The van der Waals surface area contributed by atoms with E-state index in [0.29, 0.717) is 31.2 Å². The summed E-state index contributed by atoms with van der Waals surface area (Å²) in [4.78, 5) is 38.9. The second-order valence-electron chi connectivity index (χ2n) is 12.1. The van der Waals surface area contributed by atoms with E-state index in [9.17, 15) is 14.7 Å². The van der Waals surface area contributed by atoms with Gasteiger partial charge in [-0.2, -0.15) is 0 Å². The van der Waals surface area contributed by atoms with Crippen LogP contribution in [0.3, 0.4) is 0 Å². The van der Waals surface area contributed by atoms with Gasteiger partial charge < -0.3 is 10.0 Å². The van der Waals surface area contributed by atoms with Gasteiger partial charge in [-0.05, 0) is 62.5 Å². The van der Waals surface area contributed by atoms with Crippen molar-refractivity contribution in [1.82, 2.24) is 14.9 Å². The Balaban J connectivity index is 1.17. The average molecular weight is 491 g/mol. The highest BCUT2D eigenvalue weighted by atomic mass is 16.3. The van der Waals surface area contributed by atoms with Crippen LogP contribution < -0.4 is 4.90 Å². The molecule has 0 spiro atoms. The van der Waals surface area contributed by atoms with Crippen LogP contribution in [0.15, 0.2) is 41.8 Å². The lowest BCUT2D eigenvalue weighted by atomic mass is 9.50. The Morgan fingerprint density at radius 3 is 2.58 bits per heavy atom. The summed E-state index contributed by atoms with van der Waals surface area (Å²) in [5.74, 6) is 1.70. The summed E-state index contributed by atoms with van der Waals surface area (Å²) in [7, 11) is 0. The molecule has 0 radical (unpaired) electrons. The summed E-state index contributed by atoms with van der Waals surface area (Å²) in [5.41, 5.74) is 1.05. The zero-order valence-corrected chi connectivity index (χ0v) is 21.6. The molecule has 1 N–H and O–H groups in total. The summed E-state index contributed by atoms with van der Waals surface area (Å²) in [6.45, 7) is 7.87. The number of hydrogen-bond acceptors (Lipinski definition) is 7. The number of Topliss-reactive ketones (excluding diaryl/α,β-unsaturated/α-hetero) is 1. The number of hydrogen-bond donors (Lipinski definition) is 1. The van der Waals surface area contributed by atoms with Gasteiger partial charge in [0.15, 0.2) is 11.6 Å². The Morgan fingerprint density at radius 1 is 1.08 bits per heavy atom. The maximum absolute atomic E-state index is 13.7. The smallest absolute Gasteiger partial charge is 0.225 e. The van der Waals surface area contributed by atoms with Crippen LogP contribution in [0.25, 0.3) is 0 Å². The maximum Gasteiger partial charge on any atom is 0.225 e. The molecule has 1 aromatic rings. The molecule has 0 amide bonds. The third-order valence-corrected chi connectivity index (χ3v) is 10.5. The number of allylic oxidation sites excluding steroid dienone is 4. The molecule has 6 rings (SSSR count). The van der Waals surface area contributed by atoms with Gasteiger partial charge in [0, 0.05) is 55.8 Å². The van der Waals surface area contributed by atoms with Crippen molar-refractivity contribution in [2.24, 2.45) is 22.7 Å². The Hall–Kier alpha value is -2.38. The van der Waals surface area contributed by atoms with E-state index < -0.39 is 11.0 Å². The molecule has 2 heterocycles. The molecule has 1 saturated heterocycles. The number of piperazine rings is 1. The van der Waals surface area contributed by atoms with E-state index in [1.807, 2.05) is 12.1 Å². The fourth-order valence-corrected chi connectivity index (χ4v) is 8.22. The number of carbonyl (C=O) groups is 2. The van der Waals surface area contributed by atoms with Crippen LogP contribution in [0.2, 0.25) is 0 Å². The topological polar surface area (TPSA) is 86.6 Å². The molecule has 36 heavy (non-hydrogen) atoms. The Morgan fingerprint density at radius 2 is 1.83 bits per heavy atom. The van der Waals surface area contributed by atoms with Crippen LogP contribution in [-0.4, -0.2) is 69.9 Å².